The van der Waals surface area contributed by atoms with E-state index in [0.717, 1.165) is 22.7 Å². The van der Waals surface area contributed by atoms with E-state index in [1.165, 1.54) is 4.57 Å². The van der Waals surface area contributed by atoms with Crippen LogP contribution < -0.4 is 5.32 Å². The third-order valence-corrected chi connectivity index (χ3v) is 6.16. The minimum atomic E-state index is -2.77. The number of aromatic nitrogens is 5. The maximum absolute atomic E-state index is 14.5. The van der Waals surface area contributed by atoms with Gasteiger partial charge >= 0.3 is 6.09 Å². The molecule has 3 aromatic heterocycles. The fourth-order valence-corrected chi connectivity index (χ4v) is 4.16. The number of aromatic amines is 1. The largest absolute Gasteiger partial charge is 0.445 e. The number of benzene rings is 2. The van der Waals surface area contributed by atoms with Crippen LogP contribution in [0.25, 0.3) is 33.3 Å². The van der Waals surface area contributed by atoms with Crippen LogP contribution in [-0.4, -0.2) is 42.9 Å². The Labute approximate surface area is 208 Å². The molecule has 1 saturated carbocycles. The van der Waals surface area contributed by atoms with Gasteiger partial charge in [0.15, 0.2) is 17.5 Å². The lowest BCUT2D eigenvalue weighted by molar-refractivity contribution is -0.144. The molecule has 0 amide bonds. The maximum Gasteiger partial charge on any atom is 0.418 e. The normalized spacial score (nSPS) is 14.9. The summed E-state index contributed by atoms with van der Waals surface area (Å²) in [5.41, 5.74) is 3.14. The predicted octanol–water partition coefficient (Wildman–Crippen LogP) is 6.15. The molecule has 8 nitrogen and oxygen atoms in total. The smallest absolute Gasteiger partial charge is 0.418 e. The number of H-pyrrole nitrogens is 1. The van der Waals surface area contributed by atoms with E-state index in [1.54, 1.807) is 43.0 Å². The Bertz CT molecular complexity index is 1590. The lowest BCUT2D eigenvalue weighted by Crippen LogP contribution is -2.42. The van der Waals surface area contributed by atoms with Gasteiger partial charge in [-0.1, -0.05) is 24.3 Å². The summed E-state index contributed by atoms with van der Waals surface area (Å²) in [4.78, 5) is 20.8. The molecular formula is C26H19F3N6O2. The van der Waals surface area contributed by atoms with E-state index in [0.29, 0.717) is 16.6 Å². The zero-order valence-electron chi connectivity index (χ0n) is 19.2. The summed E-state index contributed by atoms with van der Waals surface area (Å²) in [7, 11) is 0. The number of hydrogen-bond acceptors (Lipinski definition) is 6. The van der Waals surface area contributed by atoms with Crippen LogP contribution in [0, 0.1) is 5.82 Å². The van der Waals surface area contributed by atoms with Crippen LogP contribution in [-0.2, 0) is 4.74 Å². The number of fused-ring (bicyclic) bond motifs is 1. The standard InChI is InChI=1S/C26H19F3N6O2/c27-22-12-30-23(34-24(22)33-20-5-3-15(4-6-20)19-10-31-32-11-19)16-1-2-17-13-35(14-18(17)7-16)25(36)37-21-8-26(28,29)9-21/h1-7,10-14,21H,8-9H2,(H,31,32)(H,30,33,34). The second-order valence-corrected chi connectivity index (χ2v) is 8.86. The monoisotopic (exact) mass is 504 g/mol. The van der Waals surface area contributed by atoms with Crippen molar-refractivity contribution in [2.45, 2.75) is 24.9 Å². The van der Waals surface area contributed by atoms with E-state index in [2.05, 4.69) is 25.5 Å². The molecule has 2 aromatic carbocycles. The number of halogens is 3. The van der Waals surface area contributed by atoms with Crippen LogP contribution in [0.2, 0.25) is 0 Å². The summed E-state index contributed by atoms with van der Waals surface area (Å²) in [5.74, 6) is -3.08. The molecule has 0 spiro atoms. The van der Waals surface area contributed by atoms with Crippen molar-refractivity contribution in [3.8, 4) is 22.5 Å². The Kier molecular flexibility index (Phi) is 5.40. The van der Waals surface area contributed by atoms with Crippen molar-refractivity contribution in [2.24, 2.45) is 0 Å². The van der Waals surface area contributed by atoms with Crippen molar-refractivity contribution >= 4 is 28.4 Å². The van der Waals surface area contributed by atoms with Gasteiger partial charge in [0.1, 0.15) is 6.10 Å². The van der Waals surface area contributed by atoms with E-state index in [9.17, 15) is 18.0 Å². The molecule has 0 aliphatic heterocycles. The molecule has 0 radical (unpaired) electrons. The number of alkyl halides is 2. The van der Waals surface area contributed by atoms with E-state index in [-0.39, 0.29) is 11.6 Å². The van der Waals surface area contributed by atoms with Crippen molar-refractivity contribution in [1.82, 2.24) is 24.7 Å². The van der Waals surface area contributed by atoms with E-state index >= 15 is 0 Å². The lowest BCUT2D eigenvalue weighted by atomic mass is 9.91. The van der Waals surface area contributed by atoms with Gasteiger partial charge in [0.2, 0.25) is 0 Å². The van der Waals surface area contributed by atoms with Crippen molar-refractivity contribution in [3.63, 3.8) is 0 Å². The zero-order chi connectivity index (χ0) is 25.6. The Balaban J connectivity index is 1.21. The Morgan fingerprint density at radius 1 is 1.03 bits per heavy atom. The van der Waals surface area contributed by atoms with Gasteiger partial charge in [-0.3, -0.25) is 9.67 Å². The van der Waals surface area contributed by atoms with E-state index < -0.39 is 36.8 Å². The number of hydrogen-bond donors (Lipinski definition) is 2. The van der Waals surface area contributed by atoms with E-state index in [4.69, 9.17) is 4.74 Å². The van der Waals surface area contributed by atoms with Gasteiger partial charge in [-0.05, 0) is 23.8 Å². The Morgan fingerprint density at radius 2 is 1.78 bits per heavy atom. The van der Waals surface area contributed by atoms with Gasteiger partial charge in [0.25, 0.3) is 5.92 Å². The second-order valence-electron chi connectivity index (χ2n) is 8.86. The third kappa shape index (κ3) is 4.63. The highest BCUT2D eigenvalue weighted by Crippen LogP contribution is 2.39. The second kappa shape index (κ2) is 8.77. The van der Waals surface area contributed by atoms with Crippen LogP contribution in [0.3, 0.4) is 0 Å². The molecule has 186 valence electrons. The highest BCUT2D eigenvalue weighted by Gasteiger charge is 2.47. The molecule has 5 aromatic rings. The average Bonchev–Trinajstić information content (AvgIpc) is 3.55. The number of rotatable bonds is 5. The topological polar surface area (TPSA) is 97.7 Å². The highest BCUT2D eigenvalue weighted by molar-refractivity contribution is 5.90. The molecule has 0 saturated heterocycles. The summed E-state index contributed by atoms with van der Waals surface area (Å²) in [6.07, 6.45) is 5.25. The fourth-order valence-electron chi connectivity index (χ4n) is 4.16. The minimum Gasteiger partial charge on any atom is -0.445 e. The van der Waals surface area contributed by atoms with Gasteiger partial charge in [0, 0.05) is 59.0 Å². The van der Waals surface area contributed by atoms with Gasteiger partial charge in [-0.15, -0.1) is 0 Å². The number of carbonyl (C=O) groups excluding carboxylic acids is 1. The van der Waals surface area contributed by atoms with E-state index in [1.807, 2.05) is 24.3 Å². The van der Waals surface area contributed by atoms with Crippen LogP contribution >= 0.6 is 0 Å². The molecule has 37 heavy (non-hydrogen) atoms. The lowest BCUT2D eigenvalue weighted by Gasteiger charge is -2.33. The molecule has 0 atom stereocenters. The molecule has 6 rings (SSSR count). The van der Waals surface area contributed by atoms with Crippen LogP contribution in [0.15, 0.2) is 73.4 Å². The number of carbonyl (C=O) groups is 1. The number of anilines is 2. The van der Waals surface area contributed by atoms with Crippen LogP contribution in [0.1, 0.15) is 12.8 Å². The molecule has 1 fully saturated rings. The molecule has 2 N–H and O–H groups in total. The van der Waals surface area contributed by atoms with Crippen LogP contribution in [0.4, 0.5) is 29.5 Å². The summed E-state index contributed by atoms with van der Waals surface area (Å²) >= 11 is 0. The maximum atomic E-state index is 14.5. The van der Waals surface area contributed by atoms with Gasteiger partial charge in [-0.25, -0.2) is 27.9 Å². The molecule has 1 aliphatic carbocycles. The van der Waals surface area contributed by atoms with Crippen molar-refractivity contribution in [1.29, 1.82) is 0 Å². The average molecular weight is 504 g/mol. The minimum absolute atomic E-state index is 0.0135. The van der Waals surface area contributed by atoms with Gasteiger partial charge < -0.3 is 10.1 Å². The first kappa shape index (κ1) is 22.8. The zero-order valence-corrected chi connectivity index (χ0v) is 19.2. The highest BCUT2D eigenvalue weighted by atomic mass is 19.3. The fraction of sp³-hybridized carbons (Fsp3) is 0.154. The summed E-state index contributed by atoms with van der Waals surface area (Å²) < 4.78 is 46.9. The molecule has 11 heteroatoms. The summed E-state index contributed by atoms with van der Waals surface area (Å²) in [5, 5.41) is 11.1. The first-order valence-corrected chi connectivity index (χ1v) is 11.4. The molecule has 3 heterocycles. The first-order valence-electron chi connectivity index (χ1n) is 11.4. The SMILES string of the molecule is O=C(OC1CC(F)(F)C1)n1cc2ccc(-c3ncc(F)c(Nc4ccc(-c5cn[nH]c5)cc4)n3)cc2c1. The number of ether oxygens (including phenoxy) is 1. The summed E-state index contributed by atoms with van der Waals surface area (Å²) in [6.45, 7) is 0. The third-order valence-electron chi connectivity index (χ3n) is 6.16. The van der Waals surface area contributed by atoms with Gasteiger partial charge in [0.05, 0.1) is 12.4 Å². The predicted molar refractivity (Wildman–Crippen MR) is 130 cm³/mol. The quantitative estimate of drug-likeness (QED) is 0.298. The number of nitrogens with zero attached hydrogens (tertiary/aromatic N) is 4. The Hall–Kier alpha value is -4.67. The first-order chi connectivity index (χ1) is 17.8. The molecule has 0 unspecified atom stereocenters. The van der Waals surface area contributed by atoms with Crippen molar-refractivity contribution in [3.05, 3.63) is 79.3 Å². The van der Waals surface area contributed by atoms with Crippen molar-refractivity contribution < 1.29 is 22.7 Å². The number of nitrogens with one attached hydrogen (secondary N) is 2. The molecule has 0 bridgehead atoms. The Morgan fingerprint density at radius 3 is 2.51 bits per heavy atom. The summed E-state index contributed by atoms with van der Waals surface area (Å²) in [6, 6.07) is 12.7. The van der Waals surface area contributed by atoms with Crippen molar-refractivity contribution in [2.75, 3.05) is 5.32 Å². The van der Waals surface area contributed by atoms with Gasteiger partial charge in [-0.2, -0.15) is 5.10 Å². The molecule has 1 aliphatic rings. The molecular weight excluding hydrogens is 485 g/mol. The van der Waals surface area contributed by atoms with Crippen LogP contribution in [0.5, 0.6) is 0 Å².